The summed E-state index contributed by atoms with van der Waals surface area (Å²) in [5.74, 6) is 5.55. The van der Waals surface area contributed by atoms with Crippen molar-refractivity contribution in [1.29, 1.82) is 0 Å². The van der Waals surface area contributed by atoms with E-state index < -0.39 is 4.92 Å². The highest BCUT2D eigenvalue weighted by Gasteiger charge is 2.17. The average Bonchev–Trinajstić information content (AvgIpc) is 2.96. The van der Waals surface area contributed by atoms with Gasteiger partial charge in [-0.15, -0.1) is 0 Å². The van der Waals surface area contributed by atoms with Gasteiger partial charge in [-0.2, -0.15) is 4.98 Å². The fraction of sp³-hybridized carbons (Fsp3) is 0.636. The lowest BCUT2D eigenvalue weighted by Gasteiger charge is -2.14. The largest absolute Gasteiger partial charge is 0.364 e. The summed E-state index contributed by atoms with van der Waals surface area (Å²) >= 11 is 0. The van der Waals surface area contributed by atoms with E-state index in [0.29, 0.717) is 6.54 Å². The molecule has 1 aliphatic rings. The first-order valence-corrected chi connectivity index (χ1v) is 6.65. The van der Waals surface area contributed by atoms with Gasteiger partial charge >= 0.3 is 5.69 Å². The third-order valence-electron chi connectivity index (χ3n) is 3.24. The van der Waals surface area contributed by atoms with Crippen molar-refractivity contribution in [3.8, 4) is 0 Å². The molecule has 9 nitrogen and oxygen atoms in total. The Balaban J connectivity index is 1.88. The van der Waals surface area contributed by atoms with Crippen LogP contribution < -0.4 is 16.6 Å². The summed E-state index contributed by atoms with van der Waals surface area (Å²) in [5.41, 5.74) is 2.13. The van der Waals surface area contributed by atoms with Gasteiger partial charge in [-0.05, 0) is 38.9 Å². The molecule has 1 fully saturated rings. The lowest BCUT2D eigenvalue weighted by Crippen LogP contribution is -2.22. The summed E-state index contributed by atoms with van der Waals surface area (Å²) in [4.78, 5) is 20.5. The second kappa shape index (κ2) is 6.96. The maximum absolute atomic E-state index is 10.9. The van der Waals surface area contributed by atoms with Crippen LogP contribution in [0.4, 0.5) is 17.5 Å². The topological polar surface area (TPSA) is 122 Å². The minimum absolute atomic E-state index is 0.148. The molecule has 1 aliphatic heterocycles. The van der Waals surface area contributed by atoms with E-state index in [9.17, 15) is 10.1 Å². The van der Waals surface area contributed by atoms with Crippen LogP contribution in [0.1, 0.15) is 19.3 Å². The molecule has 2 rings (SSSR count). The molecule has 0 aliphatic carbocycles. The Morgan fingerprint density at radius 1 is 1.45 bits per heavy atom. The fourth-order valence-electron chi connectivity index (χ4n) is 2.22. The SMILES string of the molecule is NNc1ncc([N+](=O)[O-])c(NCCCN2CCCC2)n1. The normalized spacial score (nSPS) is 15.2. The van der Waals surface area contributed by atoms with Crippen LogP contribution in [0.15, 0.2) is 6.20 Å². The van der Waals surface area contributed by atoms with Gasteiger partial charge in [0.25, 0.3) is 0 Å². The summed E-state index contributed by atoms with van der Waals surface area (Å²) < 4.78 is 0. The minimum atomic E-state index is -0.511. The smallest absolute Gasteiger partial charge is 0.329 e. The van der Waals surface area contributed by atoms with E-state index in [1.165, 1.54) is 12.8 Å². The second-order valence-electron chi connectivity index (χ2n) is 4.66. The Labute approximate surface area is 116 Å². The molecular formula is C11H19N7O2. The van der Waals surface area contributed by atoms with E-state index in [-0.39, 0.29) is 17.5 Å². The van der Waals surface area contributed by atoms with Crippen LogP contribution in [0.3, 0.4) is 0 Å². The van der Waals surface area contributed by atoms with Crippen LogP contribution in [0, 0.1) is 10.1 Å². The number of nitrogens with one attached hydrogen (secondary N) is 2. The zero-order valence-electron chi connectivity index (χ0n) is 11.2. The van der Waals surface area contributed by atoms with Gasteiger partial charge in [0.2, 0.25) is 11.8 Å². The molecular weight excluding hydrogens is 262 g/mol. The predicted octanol–water partition coefficient (Wildman–Crippen LogP) is 0.568. The molecule has 0 atom stereocenters. The van der Waals surface area contributed by atoms with E-state index in [1.807, 2.05) is 0 Å². The van der Waals surface area contributed by atoms with E-state index in [4.69, 9.17) is 5.84 Å². The minimum Gasteiger partial charge on any atom is -0.364 e. The van der Waals surface area contributed by atoms with Gasteiger partial charge in [-0.25, -0.2) is 10.8 Å². The summed E-state index contributed by atoms with van der Waals surface area (Å²) in [5, 5.41) is 13.9. The highest BCUT2D eigenvalue weighted by Crippen LogP contribution is 2.21. The molecule has 110 valence electrons. The molecule has 0 aromatic carbocycles. The number of nitro groups is 1. The summed E-state index contributed by atoms with van der Waals surface area (Å²) in [6.07, 6.45) is 4.57. The summed E-state index contributed by atoms with van der Waals surface area (Å²) in [6.45, 7) is 3.91. The number of hydrogen-bond donors (Lipinski definition) is 3. The van der Waals surface area contributed by atoms with Gasteiger partial charge in [0.15, 0.2) is 0 Å². The van der Waals surface area contributed by atoms with E-state index in [1.54, 1.807) is 0 Å². The fourth-order valence-corrected chi connectivity index (χ4v) is 2.22. The number of likely N-dealkylation sites (tertiary alicyclic amines) is 1. The van der Waals surface area contributed by atoms with Crippen molar-refractivity contribution >= 4 is 17.5 Å². The molecule has 0 unspecified atom stereocenters. The number of nitrogen functional groups attached to an aromatic ring is 1. The van der Waals surface area contributed by atoms with E-state index in [2.05, 4.69) is 25.6 Å². The van der Waals surface area contributed by atoms with E-state index in [0.717, 1.165) is 32.3 Å². The molecule has 20 heavy (non-hydrogen) atoms. The number of anilines is 2. The standard InChI is InChI=1S/C11H19N7O2/c12-16-11-14-8-9(18(19)20)10(15-11)13-4-3-7-17-5-1-2-6-17/h8H,1-7,12H2,(H2,13,14,15,16). The molecule has 1 aromatic rings. The van der Waals surface area contributed by atoms with Crippen molar-refractivity contribution < 1.29 is 4.92 Å². The van der Waals surface area contributed by atoms with Gasteiger partial charge in [0, 0.05) is 6.54 Å². The molecule has 0 amide bonds. The highest BCUT2D eigenvalue weighted by molar-refractivity contribution is 5.56. The molecule has 9 heteroatoms. The van der Waals surface area contributed by atoms with Crippen LogP contribution in [-0.2, 0) is 0 Å². The van der Waals surface area contributed by atoms with Gasteiger partial charge in [0.1, 0.15) is 6.20 Å². The van der Waals surface area contributed by atoms with Crippen molar-refractivity contribution in [3.63, 3.8) is 0 Å². The lowest BCUT2D eigenvalue weighted by atomic mass is 10.3. The van der Waals surface area contributed by atoms with Crippen molar-refractivity contribution in [3.05, 3.63) is 16.3 Å². The van der Waals surface area contributed by atoms with E-state index >= 15 is 0 Å². The summed E-state index contributed by atoms with van der Waals surface area (Å²) in [7, 11) is 0. The van der Waals surface area contributed by atoms with Gasteiger partial charge in [-0.3, -0.25) is 15.5 Å². The van der Waals surface area contributed by atoms with Crippen LogP contribution in [0.25, 0.3) is 0 Å². The number of hydrogen-bond acceptors (Lipinski definition) is 8. The molecule has 0 bridgehead atoms. The first-order chi connectivity index (χ1) is 9.70. The summed E-state index contributed by atoms with van der Waals surface area (Å²) in [6, 6.07) is 0. The second-order valence-corrected chi connectivity index (χ2v) is 4.66. The van der Waals surface area contributed by atoms with Crippen molar-refractivity contribution in [1.82, 2.24) is 14.9 Å². The first kappa shape index (κ1) is 14.4. The molecule has 1 saturated heterocycles. The molecule has 4 N–H and O–H groups in total. The monoisotopic (exact) mass is 281 g/mol. The van der Waals surface area contributed by atoms with Crippen LogP contribution in [0.2, 0.25) is 0 Å². The van der Waals surface area contributed by atoms with Crippen LogP contribution >= 0.6 is 0 Å². The Kier molecular flexibility index (Phi) is 5.02. The highest BCUT2D eigenvalue weighted by atomic mass is 16.6. The molecule has 1 aromatic heterocycles. The third-order valence-corrected chi connectivity index (χ3v) is 3.24. The number of aromatic nitrogens is 2. The first-order valence-electron chi connectivity index (χ1n) is 6.65. The predicted molar refractivity (Wildman–Crippen MR) is 75.3 cm³/mol. The Hall–Kier alpha value is -2.00. The Bertz CT molecular complexity index is 462. The zero-order chi connectivity index (χ0) is 14.4. The quantitative estimate of drug-likeness (QED) is 0.287. The van der Waals surface area contributed by atoms with Crippen LogP contribution in [0.5, 0.6) is 0 Å². The average molecular weight is 281 g/mol. The maximum atomic E-state index is 10.9. The van der Waals surface area contributed by atoms with Crippen LogP contribution in [-0.4, -0.2) is 46.0 Å². The maximum Gasteiger partial charge on any atom is 0.329 e. The molecule has 0 saturated carbocycles. The molecule has 0 spiro atoms. The Morgan fingerprint density at radius 2 is 2.20 bits per heavy atom. The molecule has 0 radical (unpaired) electrons. The number of nitrogens with zero attached hydrogens (tertiary/aromatic N) is 4. The van der Waals surface area contributed by atoms with Gasteiger partial charge in [0.05, 0.1) is 4.92 Å². The van der Waals surface area contributed by atoms with Gasteiger partial charge < -0.3 is 10.2 Å². The number of nitrogens with two attached hydrogens (primary N) is 1. The lowest BCUT2D eigenvalue weighted by molar-refractivity contribution is -0.384. The van der Waals surface area contributed by atoms with Crippen molar-refractivity contribution in [2.45, 2.75) is 19.3 Å². The van der Waals surface area contributed by atoms with Crippen molar-refractivity contribution in [2.24, 2.45) is 5.84 Å². The number of hydrazine groups is 1. The molecule has 2 heterocycles. The van der Waals surface area contributed by atoms with Gasteiger partial charge in [-0.1, -0.05) is 0 Å². The number of rotatable bonds is 7. The van der Waals surface area contributed by atoms with Crippen molar-refractivity contribution in [2.75, 3.05) is 36.9 Å². The Morgan fingerprint density at radius 3 is 2.85 bits per heavy atom. The zero-order valence-corrected chi connectivity index (χ0v) is 11.2. The third kappa shape index (κ3) is 3.75.